The van der Waals surface area contributed by atoms with Gasteiger partial charge in [-0.05, 0) is 33.1 Å². The number of ether oxygens (including phenoxy) is 1. The van der Waals surface area contributed by atoms with E-state index in [0.717, 1.165) is 6.42 Å². The Morgan fingerprint density at radius 1 is 1.56 bits per heavy atom. The lowest BCUT2D eigenvalue weighted by molar-refractivity contribution is 0.0681. The second-order valence-corrected chi connectivity index (χ2v) is 7.19. The van der Waals surface area contributed by atoms with Crippen molar-refractivity contribution < 1.29 is 19.2 Å². The molecule has 0 aliphatic carbocycles. The van der Waals surface area contributed by atoms with Gasteiger partial charge in [0.1, 0.15) is 6.10 Å². The van der Waals surface area contributed by atoms with Gasteiger partial charge < -0.3 is 14.4 Å². The number of aromatic nitrogens is 1. The summed E-state index contributed by atoms with van der Waals surface area (Å²) in [7, 11) is 0. The van der Waals surface area contributed by atoms with E-state index in [1.807, 2.05) is 0 Å². The first-order valence-electron chi connectivity index (χ1n) is 5.80. The number of halogens is 1. The topological polar surface area (TPSA) is 72.6 Å². The second-order valence-electron chi connectivity index (χ2n) is 5.14. The monoisotopic (exact) mass is 317 g/mol. The molecule has 0 radical (unpaired) electrons. The molecule has 0 aromatic carbocycles. The van der Waals surface area contributed by atoms with Crippen molar-refractivity contribution >= 4 is 21.9 Å². The number of nitrogens with zero attached hydrogens (tertiary/aromatic N) is 1. The molecule has 1 aromatic heterocycles. The Morgan fingerprint density at radius 3 is 2.67 bits per heavy atom. The maximum atomic E-state index is 10.9. The van der Waals surface area contributed by atoms with Crippen molar-refractivity contribution in [2.45, 2.75) is 37.6 Å². The number of hydrogen-bond donors (Lipinski definition) is 1. The minimum atomic E-state index is -1.07. The van der Waals surface area contributed by atoms with E-state index in [4.69, 9.17) is 14.4 Å². The van der Waals surface area contributed by atoms with Crippen LogP contribution >= 0.6 is 15.9 Å². The molecule has 6 heteroatoms. The van der Waals surface area contributed by atoms with Gasteiger partial charge >= 0.3 is 5.97 Å². The van der Waals surface area contributed by atoms with Crippen LogP contribution in [0.15, 0.2) is 4.52 Å². The minimum Gasteiger partial charge on any atom is -0.476 e. The highest BCUT2D eigenvalue weighted by atomic mass is 79.9. The van der Waals surface area contributed by atoms with Crippen LogP contribution in [0.5, 0.6) is 0 Å². The third kappa shape index (κ3) is 2.44. The van der Waals surface area contributed by atoms with E-state index in [1.54, 1.807) is 6.92 Å². The van der Waals surface area contributed by atoms with Crippen LogP contribution in [0.2, 0.25) is 0 Å². The predicted molar refractivity (Wildman–Crippen MR) is 68.0 cm³/mol. The van der Waals surface area contributed by atoms with E-state index >= 15 is 0 Å². The average molecular weight is 318 g/mol. The molecule has 0 spiro atoms. The standard InChI is InChI=1S/C12H16BrNO4/c1-6-9(11(15)16)14-18-10(6)8-4-7(5-17-8)12(2,3)13/h7-8H,4-5H2,1-3H3,(H,15,16)/t7-,8+/m0/s1. The van der Waals surface area contributed by atoms with Crippen molar-refractivity contribution in [2.24, 2.45) is 5.92 Å². The smallest absolute Gasteiger partial charge is 0.358 e. The molecule has 5 nitrogen and oxygen atoms in total. The zero-order valence-corrected chi connectivity index (χ0v) is 12.2. The first kappa shape index (κ1) is 13.5. The molecule has 100 valence electrons. The van der Waals surface area contributed by atoms with E-state index in [2.05, 4.69) is 34.9 Å². The molecule has 0 saturated carbocycles. The Morgan fingerprint density at radius 2 is 2.22 bits per heavy atom. The van der Waals surface area contributed by atoms with Gasteiger partial charge in [0, 0.05) is 9.89 Å². The van der Waals surface area contributed by atoms with Crippen LogP contribution in [0.4, 0.5) is 0 Å². The third-order valence-corrected chi connectivity index (χ3v) is 4.07. The van der Waals surface area contributed by atoms with Gasteiger partial charge in [-0.2, -0.15) is 0 Å². The molecule has 0 unspecified atom stereocenters. The molecule has 1 fully saturated rings. The molecule has 0 amide bonds. The van der Waals surface area contributed by atoms with Crippen LogP contribution in [0.1, 0.15) is 48.2 Å². The maximum Gasteiger partial charge on any atom is 0.358 e. The summed E-state index contributed by atoms with van der Waals surface area (Å²) in [6.45, 7) is 6.52. The van der Waals surface area contributed by atoms with Gasteiger partial charge in [-0.15, -0.1) is 0 Å². The van der Waals surface area contributed by atoms with E-state index in [1.165, 1.54) is 0 Å². The van der Waals surface area contributed by atoms with Crippen LogP contribution in [0.25, 0.3) is 0 Å². The van der Waals surface area contributed by atoms with E-state index < -0.39 is 5.97 Å². The van der Waals surface area contributed by atoms with Crippen LogP contribution < -0.4 is 0 Å². The van der Waals surface area contributed by atoms with Crippen molar-refractivity contribution in [3.05, 3.63) is 17.0 Å². The summed E-state index contributed by atoms with van der Waals surface area (Å²) in [4.78, 5) is 10.9. The lowest BCUT2D eigenvalue weighted by Crippen LogP contribution is -2.23. The lowest BCUT2D eigenvalue weighted by atomic mass is 9.92. The highest BCUT2D eigenvalue weighted by molar-refractivity contribution is 9.10. The van der Waals surface area contributed by atoms with Gasteiger partial charge in [0.25, 0.3) is 0 Å². The molecular formula is C12H16BrNO4. The van der Waals surface area contributed by atoms with Gasteiger partial charge in [0.15, 0.2) is 11.5 Å². The van der Waals surface area contributed by atoms with Gasteiger partial charge in [-0.25, -0.2) is 4.79 Å². The van der Waals surface area contributed by atoms with Crippen LogP contribution in [-0.2, 0) is 4.74 Å². The molecular weight excluding hydrogens is 302 g/mol. The SMILES string of the molecule is Cc1c(C(=O)O)noc1[C@H]1C[C@H](C(C)(C)Br)CO1. The summed E-state index contributed by atoms with van der Waals surface area (Å²) in [5.74, 6) is -0.176. The number of carboxylic acid groups (broad SMARTS) is 1. The molecule has 1 aliphatic heterocycles. The Bertz CT molecular complexity index is 463. The highest BCUT2D eigenvalue weighted by Gasteiger charge is 2.38. The molecule has 2 rings (SSSR count). The zero-order valence-electron chi connectivity index (χ0n) is 10.6. The second kappa shape index (κ2) is 4.66. The average Bonchev–Trinajstić information content (AvgIpc) is 2.81. The number of hydrogen-bond acceptors (Lipinski definition) is 4. The first-order chi connectivity index (χ1) is 8.30. The summed E-state index contributed by atoms with van der Waals surface area (Å²) in [5, 5.41) is 12.5. The maximum absolute atomic E-state index is 10.9. The highest BCUT2D eigenvalue weighted by Crippen LogP contribution is 2.42. The van der Waals surface area contributed by atoms with Crippen molar-refractivity contribution in [3.63, 3.8) is 0 Å². The van der Waals surface area contributed by atoms with Crippen molar-refractivity contribution in [2.75, 3.05) is 6.61 Å². The van der Waals surface area contributed by atoms with Gasteiger partial charge in [-0.3, -0.25) is 0 Å². The largest absolute Gasteiger partial charge is 0.476 e. The molecule has 1 aromatic rings. The normalized spacial score (nSPS) is 24.4. The molecule has 2 atom stereocenters. The Kier molecular flexibility index (Phi) is 3.51. The summed E-state index contributed by atoms with van der Waals surface area (Å²) < 4.78 is 10.8. The molecule has 1 aliphatic rings. The van der Waals surface area contributed by atoms with E-state index in [-0.39, 0.29) is 16.1 Å². The summed E-state index contributed by atoms with van der Waals surface area (Å²) in [6, 6.07) is 0. The quantitative estimate of drug-likeness (QED) is 0.868. The van der Waals surface area contributed by atoms with Gasteiger partial charge in [-0.1, -0.05) is 21.1 Å². The summed E-state index contributed by atoms with van der Waals surface area (Å²) >= 11 is 3.63. The number of alkyl halides is 1. The third-order valence-electron chi connectivity index (χ3n) is 3.42. The fraction of sp³-hybridized carbons (Fsp3) is 0.667. The van der Waals surface area contributed by atoms with E-state index in [9.17, 15) is 4.79 Å². The van der Waals surface area contributed by atoms with Crippen LogP contribution in [0.3, 0.4) is 0 Å². The fourth-order valence-corrected chi connectivity index (χ4v) is 2.46. The Labute approximate surface area is 114 Å². The zero-order chi connectivity index (χ0) is 13.5. The molecule has 1 N–H and O–H groups in total. The molecule has 18 heavy (non-hydrogen) atoms. The molecule has 1 saturated heterocycles. The number of rotatable bonds is 3. The van der Waals surface area contributed by atoms with Crippen LogP contribution in [0, 0.1) is 12.8 Å². The van der Waals surface area contributed by atoms with Crippen LogP contribution in [-0.4, -0.2) is 27.2 Å². The van der Waals surface area contributed by atoms with Crippen molar-refractivity contribution in [1.82, 2.24) is 5.16 Å². The minimum absolute atomic E-state index is 0.00863. The summed E-state index contributed by atoms with van der Waals surface area (Å²) in [6.07, 6.45) is 0.597. The van der Waals surface area contributed by atoms with Crippen molar-refractivity contribution in [3.8, 4) is 0 Å². The Balaban J connectivity index is 2.18. The predicted octanol–water partition coefficient (Wildman–Crippen LogP) is 2.93. The lowest BCUT2D eigenvalue weighted by Gasteiger charge is -2.22. The first-order valence-corrected chi connectivity index (χ1v) is 6.60. The fourth-order valence-electron chi connectivity index (χ4n) is 2.14. The summed E-state index contributed by atoms with van der Waals surface area (Å²) in [5.41, 5.74) is 0.524. The Hall–Kier alpha value is -0.880. The molecule has 0 bridgehead atoms. The van der Waals surface area contributed by atoms with Crippen molar-refractivity contribution in [1.29, 1.82) is 0 Å². The van der Waals surface area contributed by atoms with E-state index in [0.29, 0.717) is 23.8 Å². The van der Waals surface area contributed by atoms with Gasteiger partial charge in [0.2, 0.25) is 0 Å². The van der Waals surface area contributed by atoms with Gasteiger partial charge in [0.05, 0.1) is 6.61 Å². The molecule has 2 heterocycles. The number of carbonyl (C=O) groups is 1. The number of aromatic carboxylic acids is 1. The number of carboxylic acids is 1.